The van der Waals surface area contributed by atoms with Gasteiger partial charge in [0.15, 0.2) is 0 Å². The molecule has 1 aromatic rings. The second kappa shape index (κ2) is 7.74. The molecule has 0 aromatic heterocycles. The van der Waals surface area contributed by atoms with Crippen molar-refractivity contribution in [2.45, 2.75) is 6.04 Å². The van der Waals surface area contributed by atoms with Gasteiger partial charge in [0.25, 0.3) is 0 Å². The van der Waals surface area contributed by atoms with Crippen LogP contribution in [-0.2, 0) is 14.3 Å². The first-order chi connectivity index (χ1) is 8.60. The van der Waals surface area contributed by atoms with Crippen LogP contribution in [0.3, 0.4) is 0 Å². The number of methoxy groups -OCH3 is 2. The zero-order chi connectivity index (χ0) is 13.5. The summed E-state index contributed by atoms with van der Waals surface area (Å²) in [5.41, 5.74) is 0.675. The zero-order valence-corrected chi connectivity index (χ0v) is 12.5. The summed E-state index contributed by atoms with van der Waals surface area (Å²) in [7, 11) is 2.94. The fourth-order valence-corrected chi connectivity index (χ4v) is 2.08. The van der Waals surface area contributed by atoms with Gasteiger partial charge in [0.2, 0.25) is 0 Å². The number of ether oxygens (including phenoxy) is 2. The minimum absolute atomic E-state index is 0.383. The Morgan fingerprint density at radius 3 is 2.83 bits per heavy atom. The lowest BCUT2D eigenvalue weighted by atomic mass is 10.1. The van der Waals surface area contributed by atoms with Crippen molar-refractivity contribution in [3.63, 3.8) is 0 Å². The van der Waals surface area contributed by atoms with E-state index in [9.17, 15) is 4.79 Å². The van der Waals surface area contributed by atoms with Crippen LogP contribution < -0.4 is 5.32 Å². The molecule has 1 N–H and O–H groups in total. The molecule has 0 aliphatic carbocycles. The van der Waals surface area contributed by atoms with E-state index in [2.05, 4.69) is 21.2 Å². The predicted molar refractivity (Wildman–Crippen MR) is 73.8 cm³/mol. The minimum atomic E-state index is -0.602. The summed E-state index contributed by atoms with van der Waals surface area (Å²) < 4.78 is 10.6. The number of hydrogen-bond acceptors (Lipinski definition) is 4. The van der Waals surface area contributed by atoms with Gasteiger partial charge >= 0.3 is 5.97 Å². The van der Waals surface area contributed by atoms with Gasteiger partial charge in [-0.15, -0.1) is 0 Å². The van der Waals surface area contributed by atoms with E-state index in [4.69, 9.17) is 21.1 Å². The third-order valence-corrected chi connectivity index (χ3v) is 3.20. The molecule has 0 spiro atoms. The van der Waals surface area contributed by atoms with Crippen molar-refractivity contribution in [1.29, 1.82) is 0 Å². The topological polar surface area (TPSA) is 47.6 Å². The van der Waals surface area contributed by atoms with Crippen LogP contribution in [0.2, 0.25) is 5.02 Å². The second-order valence-corrected chi connectivity index (χ2v) is 4.89. The lowest BCUT2D eigenvalue weighted by Crippen LogP contribution is -2.32. The van der Waals surface area contributed by atoms with Crippen molar-refractivity contribution < 1.29 is 14.3 Å². The van der Waals surface area contributed by atoms with Crippen LogP contribution in [-0.4, -0.2) is 33.3 Å². The summed E-state index contributed by atoms with van der Waals surface area (Å²) in [6.07, 6.45) is 0. The normalized spacial score (nSPS) is 12.2. The SMILES string of the molecule is COCCNC(C(=O)OC)c1cc(Br)ccc1Cl. The first-order valence-corrected chi connectivity index (χ1v) is 6.52. The third kappa shape index (κ3) is 4.24. The van der Waals surface area contributed by atoms with E-state index in [-0.39, 0.29) is 5.97 Å². The number of hydrogen-bond donors (Lipinski definition) is 1. The van der Waals surface area contributed by atoms with Gasteiger partial charge in [-0.25, -0.2) is 4.79 Å². The maximum atomic E-state index is 11.8. The summed E-state index contributed by atoms with van der Waals surface area (Å²) in [6.45, 7) is 1.03. The van der Waals surface area contributed by atoms with Gasteiger partial charge in [-0.3, -0.25) is 5.32 Å². The van der Waals surface area contributed by atoms with Crippen molar-refractivity contribution >= 4 is 33.5 Å². The Labute approximate surface area is 120 Å². The molecular formula is C12H15BrClNO3. The predicted octanol–water partition coefficient (Wildman–Crippen LogP) is 2.55. The van der Waals surface area contributed by atoms with Gasteiger partial charge in [-0.05, 0) is 23.8 Å². The summed E-state index contributed by atoms with van der Waals surface area (Å²) in [4.78, 5) is 11.8. The standard InChI is InChI=1S/C12H15BrClNO3/c1-17-6-5-15-11(12(16)18-2)9-7-8(13)3-4-10(9)14/h3-4,7,11,15H,5-6H2,1-2H3. The molecule has 0 saturated heterocycles. The molecule has 1 atom stereocenters. The highest BCUT2D eigenvalue weighted by molar-refractivity contribution is 9.10. The van der Waals surface area contributed by atoms with Crippen molar-refractivity contribution in [3.05, 3.63) is 33.3 Å². The van der Waals surface area contributed by atoms with Crippen LogP contribution in [0.15, 0.2) is 22.7 Å². The van der Waals surface area contributed by atoms with Crippen molar-refractivity contribution in [2.75, 3.05) is 27.4 Å². The second-order valence-electron chi connectivity index (χ2n) is 3.57. The molecule has 0 aliphatic heterocycles. The molecule has 0 bridgehead atoms. The molecule has 100 valence electrons. The first-order valence-electron chi connectivity index (χ1n) is 5.35. The highest BCUT2D eigenvalue weighted by Gasteiger charge is 2.23. The average Bonchev–Trinajstić information content (AvgIpc) is 2.37. The average molecular weight is 337 g/mol. The fourth-order valence-electron chi connectivity index (χ4n) is 1.48. The minimum Gasteiger partial charge on any atom is -0.468 e. The van der Waals surface area contributed by atoms with Crippen molar-refractivity contribution in [1.82, 2.24) is 5.32 Å². The molecule has 1 aromatic carbocycles. The smallest absolute Gasteiger partial charge is 0.327 e. The van der Waals surface area contributed by atoms with E-state index in [1.165, 1.54) is 7.11 Å². The Kier molecular flexibility index (Phi) is 6.63. The monoisotopic (exact) mass is 335 g/mol. The largest absolute Gasteiger partial charge is 0.468 e. The maximum Gasteiger partial charge on any atom is 0.327 e. The summed E-state index contributed by atoms with van der Waals surface area (Å²) >= 11 is 9.46. The Morgan fingerprint density at radius 1 is 1.50 bits per heavy atom. The molecule has 0 fully saturated rings. The quantitative estimate of drug-likeness (QED) is 0.641. The molecule has 1 rings (SSSR count). The molecule has 1 unspecified atom stereocenters. The number of esters is 1. The first kappa shape index (κ1) is 15.4. The maximum absolute atomic E-state index is 11.8. The lowest BCUT2D eigenvalue weighted by molar-refractivity contribution is -0.143. The van der Waals surface area contributed by atoms with Crippen LogP contribution in [0.4, 0.5) is 0 Å². The Bertz CT molecular complexity index is 414. The molecule has 0 amide bonds. The van der Waals surface area contributed by atoms with Crippen molar-refractivity contribution in [3.8, 4) is 0 Å². The zero-order valence-electron chi connectivity index (χ0n) is 10.2. The number of carbonyl (C=O) groups excluding carboxylic acids is 1. The summed E-state index contributed by atoms with van der Waals surface area (Å²) in [5, 5.41) is 3.56. The highest BCUT2D eigenvalue weighted by atomic mass is 79.9. The Hall–Kier alpha value is -0.620. The molecule has 6 heteroatoms. The van der Waals surface area contributed by atoms with E-state index in [1.807, 2.05) is 6.07 Å². The number of rotatable bonds is 6. The van der Waals surface area contributed by atoms with E-state index in [1.54, 1.807) is 19.2 Å². The van der Waals surface area contributed by atoms with Gasteiger partial charge < -0.3 is 9.47 Å². The molecule has 0 radical (unpaired) electrons. The van der Waals surface area contributed by atoms with Crippen LogP contribution in [0, 0.1) is 0 Å². The van der Waals surface area contributed by atoms with Crippen LogP contribution in [0.25, 0.3) is 0 Å². The molecular weight excluding hydrogens is 321 g/mol. The molecule has 0 aliphatic rings. The van der Waals surface area contributed by atoms with E-state index >= 15 is 0 Å². The van der Waals surface area contributed by atoms with Gasteiger partial charge in [0.05, 0.1) is 13.7 Å². The van der Waals surface area contributed by atoms with E-state index in [0.29, 0.717) is 23.7 Å². The molecule has 0 saturated carbocycles. The number of benzene rings is 1. The number of halogens is 2. The van der Waals surface area contributed by atoms with E-state index in [0.717, 1.165) is 4.47 Å². The fraction of sp³-hybridized carbons (Fsp3) is 0.417. The van der Waals surface area contributed by atoms with Gasteiger partial charge in [0, 0.05) is 23.1 Å². The van der Waals surface area contributed by atoms with Gasteiger partial charge in [-0.2, -0.15) is 0 Å². The highest BCUT2D eigenvalue weighted by Crippen LogP contribution is 2.27. The molecule has 0 heterocycles. The Morgan fingerprint density at radius 2 is 2.22 bits per heavy atom. The van der Waals surface area contributed by atoms with Crippen molar-refractivity contribution in [2.24, 2.45) is 0 Å². The third-order valence-electron chi connectivity index (χ3n) is 2.36. The number of carbonyl (C=O) groups is 1. The Balaban J connectivity index is 2.93. The molecule has 4 nitrogen and oxygen atoms in total. The van der Waals surface area contributed by atoms with Crippen LogP contribution in [0.1, 0.15) is 11.6 Å². The van der Waals surface area contributed by atoms with Gasteiger partial charge in [0.1, 0.15) is 6.04 Å². The van der Waals surface area contributed by atoms with Crippen LogP contribution in [0.5, 0.6) is 0 Å². The number of nitrogens with one attached hydrogen (secondary N) is 1. The summed E-state index contributed by atoms with van der Waals surface area (Å²) in [6, 6.07) is 4.74. The summed E-state index contributed by atoms with van der Waals surface area (Å²) in [5.74, 6) is -0.383. The molecule has 18 heavy (non-hydrogen) atoms. The lowest BCUT2D eigenvalue weighted by Gasteiger charge is -2.18. The van der Waals surface area contributed by atoms with E-state index < -0.39 is 6.04 Å². The van der Waals surface area contributed by atoms with Gasteiger partial charge in [-0.1, -0.05) is 27.5 Å². The van der Waals surface area contributed by atoms with Crippen LogP contribution >= 0.6 is 27.5 Å².